The number of nitrogens with zero attached hydrogens (tertiary/aromatic N) is 2. The highest BCUT2D eigenvalue weighted by Gasteiger charge is 2.30. The monoisotopic (exact) mass is 408 g/mol. The zero-order valence-corrected chi connectivity index (χ0v) is 18.9. The van der Waals surface area contributed by atoms with E-state index in [-0.39, 0.29) is 13.2 Å². The first-order valence-corrected chi connectivity index (χ1v) is 9.91. The van der Waals surface area contributed by atoms with Crippen molar-refractivity contribution in [3.05, 3.63) is 35.9 Å². The molecule has 0 heterocycles. The van der Waals surface area contributed by atoms with E-state index in [0.29, 0.717) is 6.61 Å². The van der Waals surface area contributed by atoms with Crippen molar-refractivity contribution in [1.82, 2.24) is 9.80 Å². The maximum absolute atomic E-state index is 12.4. The Bertz CT molecular complexity index is 607. The number of benzene rings is 1. The zero-order chi connectivity index (χ0) is 22.1. The van der Waals surface area contributed by atoms with Gasteiger partial charge >= 0.3 is 12.2 Å². The third-order valence-electron chi connectivity index (χ3n) is 3.60. The molecule has 1 aromatic carbocycles. The van der Waals surface area contributed by atoms with Crippen molar-refractivity contribution >= 4 is 12.2 Å². The van der Waals surface area contributed by atoms with Crippen molar-refractivity contribution in [2.45, 2.75) is 59.3 Å². The van der Waals surface area contributed by atoms with Crippen LogP contribution >= 0.6 is 0 Å². The Labute approximate surface area is 174 Å². The summed E-state index contributed by atoms with van der Waals surface area (Å²) in [4.78, 5) is 27.9. The Morgan fingerprint density at radius 1 is 0.828 bits per heavy atom. The van der Waals surface area contributed by atoms with E-state index in [1.807, 2.05) is 25.2 Å². The molecule has 0 spiro atoms. The van der Waals surface area contributed by atoms with Crippen LogP contribution in [0, 0.1) is 0 Å². The molecule has 2 amide bonds. The molecule has 0 aliphatic rings. The predicted octanol–water partition coefficient (Wildman–Crippen LogP) is 4.31. The van der Waals surface area contributed by atoms with E-state index < -0.39 is 23.4 Å². The highest BCUT2D eigenvalue weighted by Crippen LogP contribution is 2.14. The minimum absolute atomic E-state index is 0.0617. The summed E-state index contributed by atoms with van der Waals surface area (Å²) in [6.07, 6.45) is -1.48. The van der Waals surface area contributed by atoms with Gasteiger partial charge in [-0.25, -0.2) is 14.5 Å². The zero-order valence-electron chi connectivity index (χ0n) is 18.9. The Kier molecular flexibility index (Phi) is 9.59. The van der Waals surface area contributed by atoms with Crippen molar-refractivity contribution in [3.63, 3.8) is 0 Å². The number of likely N-dealkylation sites (N-methyl/N-ethyl adjacent to an activating group) is 1. The fourth-order valence-corrected chi connectivity index (χ4v) is 2.34. The second kappa shape index (κ2) is 11.2. The molecule has 0 bridgehead atoms. The molecule has 7 heteroatoms. The third kappa shape index (κ3) is 11.5. The smallest absolute Gasteiger partial charge is 0.419 e. The summed E-state index contributed by atoms with van der Waals surface area (Å²) in [6, 6.07) is 10.2. The molecular formula is C22H36N2O5. The quantitative estimate of drug-likeness (QED) is 0.597. The summed E-state index contributed by atoms with van der Waals surface area (Å²) in [6.45, 7) is 12.8. The van der Waals surface area contributed by atoms with E-state index in [4.69, 9.17) is 14.2 Å². The van der Waals surface area contributed by atoms with Crippen LogP contribution in [0.3, 0.4) is 0 Å². The molecule has 0 fully saturated rings. The summed E-state index contributed by atoms with van der Waals surface area (Å²) in [7, 11) is 2.02. The molecule has 0 unspecified atom stereocenters. The van der Waals surface area contributed by atoms with Gasteiger partial charge in [0.15, 0.2) is 0 Å². The number of carbonyl (C=O) groups excluding carboxylic acids is 2. The Hall–Kier alpha value is -2.12. The number of hydrogen-bond acceptors (Lipinski definition) is 6. The summed E-state index contributed by atoms with van der Waals surface area (Å²) >= 11 is 0. The molecular weight excluding hydrogens is 372 g/mol. The first-order chi connectivity index (χ1) is 13.4. The number of imide groups is 1. The second-order valence-corrected chi connectivity index (χ2v) is 8.95. The molecule has 1 aromatic rings. The average molecular weight is 409 g/mol. The normalized spacial score (nSPS) is 12.0. The van der Waals surface area contributed by atoms with Gasteiger partial charge in [-0.1, -0.05) is 30.3 Å². The van der Waals surface area contributed by atoms with Gasteiger partial charge in [-0.05, 0) is 54.2 Å². The minimum Gasteiger partial charge on any atom is -0.443 e. The van der Waals surface area contributed by atoms with Crippen LogP contribution in [-0.4, -0.2) is 66.5 Å². The van der Waals surface area contributed by atoms with Gasteiger partial charge in [0.25, 0.3) is 0 Å². The number of hydrogen-bond donors (Lipinski definition) is 0. The summed E-state index contributed by atoms with van der Waals surface area (Å²) < 4.78 is 16.3. The van der Waals surface area contributed by atoms with Crippen molar-refractivity contribution < 1.29 is 23.8 Å². The van der Waals surface area contributed by atoms with Crippen LogP contribution in [0.25, 0.3) is 0 Å². The van der Waals surface area contributed by atoms with Crippen molar-refractivity contribution in [2.24, 2.45) is 0 Å². The highest BCUT2D eigenvalue weighted by atomic mass is 16.6. The van der Waals surface area contributed by atoms with E-state index in [1.165, 1.54) is 5.56 Å². The van der Waals surface area contributed by atoms with E-state index >= 15 is 0 Å². The Morgan fingerprint density at radius 2 is 1.31 bits per heavy atom. The maximum atomic E-state index is 12.4. The van der Waals surface area contributed by atoms with Gasteiger partial charge in [-0.15, -0.1) is 0 Å². The van der Waals surface area contributed by atoms with Gasteiger partial charge in [0.2, 0.25) is 0 Å². The summed E-state index contributed by atoms with van der Waals surface area (Å²) in [5, 5.41) is 0. The molecule has 0 radical (unpaired) electrons. The first kappa shape index (κ1) is 24.9. The lowest BCUT2D eigenvalue weighted by Crippen LogP contribution is -2.45. The first-order valence-electron chi connectivity index (χ1n) is 9.91. The number of ether oxygens (including phenoxy) is 3. The standard InChI is InChI=1S/C22H36N2O5/c1-21(2,3)28-19(25)24(20(26)29-22(4,5)6)14-16-27-15-13-23(7)17-18-11-9-8-10-12-18/h8-12H,13-17H2,1-7H3. The predicted molar refractivity (Wildman–Crippen MR) is 113 cm³/mol. The van der Waals surface area contributed by atoms with Crippen molar-refractivity contribution in [2.75, 3.05) is 33.4 Å². The van der Waals surface area contributed by atoms with Crippen LogP contribution in [-0.2, 0) is 20.8 Å². The number of amides is 2. The topological polar surface area (TPSA) is 68.3 Å². The second-order valence-electron chi connectivity index (χ2n) is 8.95. The van der Waals surface area contributed by atoms with Crippen molar-refractivity contribution in [1.29, 1.82) is 0 Å². The van der Waals surface area contributed by atoms with Crippen LogP contribution in [0.15, 0.2) is 30.3 Å². The van der Waals surface area contributed by atoms with E-state index in [0.717, 1.165) is 18.0 Å². The van der Waals surface area contributed by atoms with Crippen LogP contribution in [0.5, 0.6) is 0 Å². The van der Waals surface area contributed by atoms with E-state index in [9.17, 15) is 9.59 Å². The molecule has 0 aliphatic carbocycles. The van der Waals surface area contributed by atoms with Crippen LogP contribution in [0.1, 0.15) is 47.1 Å². The third-order valence-corrected chi connectivity index (χ3v) is 3.60. The van der Waals surface area contributed by atoms with Gasteiger partial charge in [0.05, 0.1) is 19.8 Å². The van der Waals surface area contributed by atoms with Gasteiger partial charge in [-0.3, -0.25) is 4.90 Å². The molecule has 0 N–H and O–H groups in total. The van der Waals surface area contributed by atoms with Gasteiger partial charge < -0.3 is 14.2 Å². The molecule has 0 aromatic heterocycles. The lowest BCUT2D eigenvalue weighted by molar-refractivity contribution is -0.00522. The maximum Gasteiger partial charge on any atom is 0.419 e. The van der Waals surface area contributed by atoms with Gasteiger partial charge in [0, 0.05) is 13.1 Å². The lowest BCUT2D eigenvalue weighted by atomic mass is 10.2. The fourth-order valence-electron chi connectivity index (χ4n) is 2.34. The molecule has 0 saturated carbocycles. The minimum atomic E-state index is -0.739. The Balaban J connectivity index is 2.48. The molecule has 164 valence electrons. The fraction of sp³-hybridized carbons (Fsp3) is 0.636. The highest BCUT2D eigenvalue weighted by molar-refractivity contribution is 5.88. The lowest BCUT2D eigenvalue weighted by Gasteiger charge is -2.28. The van der Waals surface area contributed by atoms with Crippen LogP contribution in [0.4, 0.5) is 9.59 Å². The number of carbonyl (C=O) groups is 2. The van der Waals surface area contributed by atoms with Gasteiger partial charge in [0.1, 0.15) is 11.2 Å². The molecule has 29 heavy (non-hydrogen) atoms. The van der Waals surface area contributed by atoms with Crippen LogP contribution in [0.2, 0.25) is 0 Å². The summed E-state index contributed by atoms with van der Waals surface area (Å²) in [5.74, 6) is 0. The molecule has 0 saturated heterocycles. The van der Waals surface area contributed by atoms with Crippen LogP contribution < -0.4 is 0 Å². The largest absolute Gasteiger partial charge is 0.443 e. The molecule has 0 atom stereocenters. The molecule has 7 nitrogen and oxygen atoms in total. The molecule has 0 aliphatic heterocycles. The molecule has 1 rings (SSSR count). The van der Waals surface area contributed by atoms with E-state index in [2.05, 4.69) is 17.0 Å². The van der Waals surface area contributed by atoms with Crippen molar-refractivity contribution in [3.8, 4) is 0 Å². The number of rotatable bonds is 8. The average Bonchev–Trinajstić information content (AvgIpc) is 2.55. The van der Waals surface area contributed by atoms with Gasteiger partial charge in [-0.2, -0.15) is 0 Å². The Morgan fingerprint density at radius 3 is 1.79 bits per heavy atom. The SMILES string of the molecule is CN(CCOCCN(C(=O)OC(C)(C)C)C(=O)OC(C)(C)C)Cc1ccccc1. The summed E-state index contributed by atoms with van der Waals surface area (Å²) in [5.41, 5.74) is -0.188. The van der Waals surface area contributed by atoms with E-state index in [1.54, 1.807) is 41.5 Å².